The zero-order valence-corrected chi connectivity index (χ0v) is 17.5. The van der Waals surface area contributed by atoms with Crippen molar-refractivity contribution in [2.45, 2.75) is 44.9 Å². The summed E-state index contributed by atoms with van der Waals surface area (Å²) in [6.07, 6.45) is 10.2. The fraction of sp³-hybridized carbons (Fsp3) is 0.320. The molecule has 0 radical (unpaired) electrons. The van der Waals surface area contributed by atoms with E-state index in [0.717, 1.165) is 54.7 Å². The minimum Gasteiger partial charge on any atom is -0.478 e. The monoisotopic (exact) mass is 401 g/mol. The van der Waals surface area contributed by atoms with Gasteiger partial charge in [0.05, 0.1) is 5.56 Å². The normalized spacial score (nSPS) is 15.5. The van der Waals surface area contributed by atoms with Crippen molar-refractivity contribution >= 4 is 17.5 Å². The van der Waals surface area contributed by atoms with Crippen LogP contribution in [0, 0.1) is 6.92 Å². The SMILES string of the molecule is Cc1ccc(N(C)c2ccc3c(c2)CCC[C@H]3CCc2cnccc2C(=O)O)nc1. The zero-order valence-electron chi connectivity index (χ0n) is 17.5. The average molecular weight is 402 g/mol. The van der Waals surface area contributed by atoms with Gasteiger partial charge in [-0.1, -0.05) is 12.1 Å². The molecule has 1 aliphatic rings. The molecule has 0 spiro atoms. The van der Waals surface area contributed by atoms with Crippen molar-refractivity contribution in [2.24, 2.45) is 0 Å². The number of carboxylic acid groups (broad SMARTS) is 1. The first kappa shape index (κ1) is 20.1. The number of carboxylic acids is 1. The van der Waals surface area contributed by atoms with Gasteiger partial charge in [0, 0.05) is 31.3 Å². The lowest BCUT2D eigenvalue weighted by Crippen LogP contribution is -2.15. The molecule has 0 amide bonds. The summed E-state index contributed by atoms with van der Waals surface area (Å²) in [6, 6.07) is 12.4. The fourth-order valence-corrected chi connectivity index (χ4v) is 4.37. The highest BCUT2D eigenvalue weighted by molar-refractivity contribution is 5.89. The first-order valence-electron chi connectivity index (χ1n) is 10.5. The highest BCUT2D eigenvalue weighted by Crippen LogP contribution is 2.37. The molecule has 1 atom stereocenters. The lowest BCUT2D eigenvalue weighted by Gasteiger charge is -2.28. The molecule has 0 saturated carbocycles. The van der Waals surface area contributed by atoms with Crippen LogP contribution in [0.1, 0.15) is 57.8 Å². The van der Waals surface area contributed by atoms with Gasteiger partial charge in [0.1, 0.15) is 5.82 Å². The van der Waals surface area contributed by atoms with E-state index in [4.69, 9.17) is 0 Å². The third-order valence-corrected chi connectivity index (χ3v) is 6.09. The Labute approximate surface area is 177 Å². The van der Waals surface area contributed by atoms with Crippen molar-refractivity contribution in [3.05, 3.63) is 82.8 Å². The Morgan fingerprint density at radius 2 is 2.07 bits per heavy atom. The van der Waals surface area contributed by atoms with Gasteiger partial charge in [0.2, 0.25) is 0 Å². The van der Waals surface area contributed by atoms with Crippen LogP contribution in [-0.2, 0) is 12.8 Å². The van der Waals surface area contributed by atoms with Crippen molar-refractivity contribution in [1.29, 1.82) is 0 Å². The van der Waals surface area contributed by atoms with E-state index >= 15 is 0 Å². The number of carbonyl (C=O) groups is 1. The maximum Gasteiger partial charge on any atom is 0.336 e. The molecule has 0 unspecified atom stereocenters. The molecule has 1 N–H and O–H groups in total. The Hall–Kier alpha value is -3.21. The van der Waals surface area contributed by atoms with Gasteiger partial charge < -0.3 is 10.0 Å². The van der Waals surface area contributed by atoms with E-state index in [-0.39, 0.29) is 0 Å². The van der Waals surface area contributed by atoms with Crippen LogP contribution in [0.15, 0.2) is 55.0 Å². The summed E-state index contributed by atoms with van der Waals surface area (Å²) in [5, 5.41) is 9.41. The van der Waals surface area contributed by atoms with Crippen LogP contribution < -0.4 is 4.90 Å². The topological polar surface area (TPSA) is 66.3 Å². The fourth-order valence-electron chi connectivity index (χ4n) is 4.37. The van der Waals surface area contributed by atoms with E-state index in [1.165, 1.54) is 11.1 Å². The van der Waals surface area contributed by atoms with Crippen LogP contribution in [0.2, 0.25) is 0 Å². The lowest BCUT2D eigenvalue weighted by atomic mass is 9.79. The number of anilines is 2. The Morgan fingerprint density at radius 3 is 2.83 bits per heavy atom. The van der Waals surface area contributed by atoms with Gasteiger partial charge in [-0.3, -0.25) is 4.98 Å². The Morgan fingerprint density at radius 1 is 1.20 bits per heavy atom. The number of aromatic nitrogens is 2. The molecule has 154 valence electrons. The van der Waals surface area contributed by atoms with Gasteiger partial charge in [-0.05, 0) is 91.5 Å². The maximum absolute atomic E-state index is 11.5. The van der Waals surface area contributed by atoms with Gasteiger partial charge >= 0.3 is 5.97 Å². The predicted octanol–water partition coefficient (Wildman–Crippen LogP) is 5.30. The number of pyridine rings is 2. The summed E-state index contributed by atoms with van der Waals surface area (Å²) in [5.74, 6) is 0.506. The largest absolute Gasteiger partial charge is 0.478 e. The Bertz CT molecular complexity index is 1050. The molecule has 1 aromatic carbocycles. The van der Waals surface area contributed by atoms with Crippen LogP contribution in [0.5, 0.6) is 0 Å². The molecular formula is C25H27N3O2. The first-order valence-corrected chi connectivity index (χ1v) is 10.5. The molecule has 30 heavy (non-hydrogen) atoms. The van der Waals surface area contributed by atoms with Crippen LogP contribution >= 0.6 is 0 Å². The third kappa shape index (κ3) is 4.20. The molecule has 2 heterocycles. The van der Waals surface area contributed by atoms with Crippen molar-refractivity contribution in [1.82, 2.24) is 9.97 Å². The number of aryl methyl sites for hydroxylation is 3. The van der Waals surface area contributed by atoms with E-state index in [1.807, 2.05) is 19.2 Å². The summed E-state index contributed by atoms with van der Waals surface area (Å²) >= 11 is 0. The van der Waals surface area contributed by atoms with E-state index in [2.05, 4.69) is 46.2 Å². The second kappa shape index (κ2) is 8.66. The van der Waals surface area contributed by atoms with Gasteiger partial charge in [-0.2, -0.15) is 0 Å². The number of hydrogen-bond donors (Lipinski definition) is 1. The van der Waals surface area contributed by atoms with Crippen LogP contribution in [0.3, 0.4) is 0 Å². The summed E-state index contributed by atoms with van der Waals surface area (Å²) in [7, 11) is 2.05. The van der Waals surface area contributed by atoms with Crippen molar-refractivity contribution < 1.29 is 9.90 Å². The molecule has 1 aliphatic carbocycles. The zero-order chi connectivity index (χ0) is 21.1. The molecule has 5 nitrogen and oxygen atoms in total. The summed E-state index contributed by atoms with van der Waals surface area (Å²) in [5.41, 5.74) is 6.28. The second-order valence-electron chi connectivity index (χ2n) is 8.10. The maximum atomic E-state index is 11.5. The van der Waals surface area contributed by atoms with Crippen molar-refractivity contribution in [2.75, 3.05) is 11.9 Å². The number of aromatic carboxylic acids is 1. The quantitative estimate of drug-likeness (QED) is 0.607. The van der Waals surface area contributed by atoms with Crippen molar-refractivity contribution in [3.63, 3.8) is 0 Å². The minimum atomic E-state index is -0.881. The lowest BCUT2D eigenvalue weighted by molar-refractivity contribution is 0.0695. The van der Waals surface area contributed by atoms with Crippen LogP contribution in [-0.4, -0.2) is 28.1 Å². The highest BCUT2D eigenvalue weighted by Gasteiger charge is 2.22. The molecule has 4 rings (SSSR count). The van der Waals surface area contributed by atoms with Crippen LogP contribution in [0.4, 0.5) is 11.5 Å². The predicted molar refractivity (Wildman–Crippen MR) is 119 cm³/mol. The number of rotatable bonds is 6. The molecule has 2 aromatic heterocycles. The van der Waals surface area contributed by atoms with E-state index < -0.39 is 5.97 Å². The van der Waals surface area contributed by atoms with E-state index in [0.29, 0.717) is 11.5 Å². The second-order valence-corrected chi connectivity index (χ2v) is 8.10. The molecule has 0 fully saturated rings. The summed E-state index contributed by atoms with van der Waals surface area (Å²) in [6.45, 7) is 2.04. The van der Waals surface area contributed by atoms with Gasteiger partial charge in [0.25, 0.3) is 0 Å². The minimum absolute atomic E-state index is 0.364. The first-order chi connectivity index (χ1) is 14.5. The number of fused-ring (bicyclic) bond motifs is 1. The van der Waals surface area contributed by atoms with Crippen LogP contribution in [0.25, 0.3) is 0 Å². The summed E-state index contributed by atoms with van der Waals surface area (Å²) < 4.78 is 0. The average Bonchev–Trinajstić information content (AvgIpc) is 2.77. The molecule has 5 heteroatoms. The van der Waals surface area contributed by atoms with Gasteiger partial charge in [-0.25, -0.2) is 9.78 Å². The standard InChI is InChI=1S/C25H27N3O2/c1-17-6-11-24(27-15-17)28(2)21-9-10-22-18(4-3-5-19(22)14-21)7-8-20-16-26-13-12-23(20)25(29)30/h6,9-16,18H,3-5,7-8H2,1-2H3,(H,29,30)/t18-/m0/s1. The Kier molecular flexibility index (Phi) is 5.79. The molecule has 0 saturated heterocycles. The van der Waals surface area contributed by atoms with Gasteiger partial charge in [-0.15, -0.1) is 0 Å². The Balaban J connectivity index is 1.52. The number of nitrogens with zero attached hydrogens (tertiary/aromatic N) is 3. The highest BCUT2D eigenvalue weighted by atomic mass is 16.4. The molecule has 0 aliphatic heterocycles. The number of benzene rings is 1. The molecular weight excluding hydrogens is 374 g/mol. The van der Waals surface area contributed by atoms with E-state index in [1.54, 1.807) is 18.5 Å². The third-order valence-electron chi connectivity index (χ3n) is 6.09. The van der Waals surface area contributed by atoms with E-state index in [9.17, 15) is 9.90 Å². The van der Waals surface area contributed by atoms with Gasteiger partial charge in [0.15, 0.2) is 0 Å². The van der Waals surface area contributed by atoms with Crippen molar-refractivity contribution in [3.8, 4) is 0 Å². The summed E-state index contributed by atoms with van der Waals surface area (Å²) in [4.78, 5) is 22.3. The molecule has 0 bridgehead atoms. The molecule has 3 aromatic rings. The smallest absolute Gasteiger partial charge is 0.336 e. The number of hydrogen-bond acceptors (Lipinski definition) is 4.